The number of halogens is 2. The van der Waals surface area contributed by atoms with E-state index < -0.39 is 78.1 Å². The molecule has 2 heterocycles. The van der Waals surface area contributed by atoms with Crippen LogP contribution >= 0.6 is 53.6 Å². The van der Waals surface area contributed by atoms with Crippen molar-refractivity contribution in [3.05, 3.63) is 71.0 Å². The van der Waals surface area contributed by atoms with E-state index in [2.05, 4.69) is 34.0 Å². The fraction of sp³-hybridized carbons (Fsp3) is 0.533. The van der Waals surface area contributed by atoms with Gasteiger partial charge in [0, 0.05) is 64.8 Å². The fourth-order valence-corrected chi connectivity index (χ4v) is 13.0. The predicted molar refractivity (Wildman–Crippen MR) is 287 cm³/mol. The third-order valence-corrected chi connectivity index (χ3v) is 20.8. The number of carbonyl (C=O) groups is 3. The molecule has 4 rings (SSSR count). The summed E-state index contributed by atoms with van der Waals surface area (Å²) in [5.41, 5.74) is -1.03. The van der Waals surface area contributed by atoms with Crippen LogP contribution in [-0.4, -0.2) is 147 Å². The van der Waals surface area contributed by atoms with Gasteiger partial charge in [-0.15, -0.1) is 0 Å². The Bertz CT molecular complexity index is 2780. The first-order chi connectivity index (χ1) is 35.0. The van der Waals surface area contributed by atoms with Gasteiger partial charge in [-0.25, -0.2) is 9.59 Å². The van der Waals surface area contributed by atoms with Crippen molar-refractivity contribution in [2.24, 2.45) is 0 Å². The molecule has 0 aliphatic heterocycles. The quantitative estimate of drug-likeness (QED) is 0.0185. The molecule has 9 N–H and O–H groups in total. The van der Waals surface area contributed by atoms with Crippen molar-refractivity contribution >= 4 is 105 Å². The molecule has 0 aliphatic carbocycles. The van der Waals surface area contributed by atoms with Crippen molar-refractivity contribution in [1.82, 2.24) is 30.4 Å². The molecule has 0 aliphatic rings. The summed E-state index contributed by atoms with van der Waals surface area (Å²) < 4.78 is 60.8. The van der Waals surface area contributed by atoms with Gasteiger partial charge in [-0.05, 0) is 134 Å². The van der Waals surface area contributed by atoms with Gasteiger partial charge in [0.15, 0.2) is 0 Å². The molecule has 4 atom stereocenters. The molecule has 2 aromatic carbocycles. The van der Waals surface area contributed by atoms with Crippen molar-refractivity contribution in [3.8, 4) is 0 Å². The molecule has 0 bridgehead atoms. The Labute approximate surface area is 445 Å². The van der Waals surface area contributed by atoms with Crippen molar-refractivity contribution in [3.63, 3.8) is 0 Å². The Hall–Kier alpha value is -3.63. The normalized spacial score (nSPS) is 14.6. The lowest BCUT2D eigenvalue weighted by Gasteiger charge is -2.35. The maximum absolute atomic E-state index is 13.9. The number of urea groups is 1. The molecular weight excluding hydrogens is 1100 g/mol. The number of benzene rings is 2. The summed E-state index contributed by atoms with van der Waals surface area (Å²) in [5, 5.41) is 3.03. The summed E-state index contributed by atoms with van der Waals surface area (Å²) in [6.45, 7) is 12.3. The molecule has 4 aromatic rings. The van der Waals surface area contributed by atoms with Crippen LogP contribution in [0.4, 0.5) is 21.0 Å². The molecule has 0 spiro atoms. The van der Waals surface area contributed by atoms with E-state index >= 15 is 0 Å². The highest BCUT2D eigenvalue weighted by Gasteiger charge is 2.61. The maximum Gasteiger partial charge on any atom is 0.416 e. The first-order valence-corrected chi connectivity index (χ1v) is 31.4. The van der Waals surface area contributed by atoms with Crippen molar-refractivity contribution < 1.29 is 76.2 Å². The lowest BCUT2D eigenvalue weighted by molar-refractivity contribution is -0.121. The largest absolute Gasteiger partial charge is 0.416 e. The Morgan fingerprint density at radius 2 is 1.17 bits per heavy atom. The number of hydrogen-bond acceptors (Lipinski definition) is 13. The lowest BCUT2D eigenvalue weighted by atomic mass is 10.1. The van der Waals surface area contributed by atoms with Crippen LogP contribution in [0.15, 0.2) is 60.9 Å². The highest BCUT2D eigenvalue weighted by molar-refractivity contribution is 7.72. The number of anilines is 2. The molecular formula is C45H68Cl2N8O16P4. The van der Waals surface area contributed by atoms with Crippen LogP contribution in [0.1, 0.15) is 80.1 Å². The van der Waals surface area contributed by atoms with Crippen LogP contribution in [0, 0.1) is 0 Å². The number of fused-ring (bicyclic) bond motifs is 2. The van der Waals surface area contributed by atoms with Gasteiger partial charge in [-0.3, -0.25) is 42.8 Å². The molecule has 4 amide bonds. The number of likely N-dealkylation sites (N-methyl/N-ethyl adjacent to an activating group) is 1. The average molecular weight is 1170 g/mol. The predicted octanol–water partition coefficient (Wildman–Crippen LogP) is 7.84. The van der Waals surface area contributed by atoms with E-state index in [0.717, 1.165) is 31.0 Å². The highest BCUT2D eigenvalue weighted by atomic mass is 35.5. The third-order valence-electron chi connectivity index (χ3n) is 12.5. The second-order valence-corrected chi connectivity index (χ2v) is 26.9. The lowest BCUT2D eigenvalue weighted by Crippen LogP contribution is -2.46. The molecule has 0 saturated carbocycles. The van der Waals surface area contributed by atoms with Crippen molar-refractivity contribution in [2.45, 2.75) is 103 Å². The molecule has 4 unspecified atom stereocenters. The standard InChI is InChI=1S/C45H68Cl2N8O16P4/c1-7-52(8-2)25-11-13-31(4)54(39-20-23-48-37-29-33(46)16-18-35(37)39)42(57)50-22-10-15-41(56)51-43(72(59,60)61)73(62,63)70-28-27-53(9-3)26-12-14-32(5)55(40-21-24-49-38-30-34(47)17-19-36(38)40)44(58)71-45(6,74(64,65)66)75(67,68)69/h16-21,23-24,29-32,43H,7-15,22,25-28H2,1-6H3,(H,50,57)(H,51,56)(H,62,63)(H2,59,60,61)(H2,64,65,66)(H2,67,68,69). The van der Waals surface area contributed by atoms with E-state index in [4.69, 9.17) is 32.5 Å². The molecule has 0 radical (unpaired) electrons. The summed E-state index contributed by atoms with van der Waals surface area (Å²) in [6.07, 6.45) is 2.86. The van der Waals surface area contributed by atoms with Crippen molar-refractivity contribution in [1.29, 1.82) is 0 Å². The average Bonchev–Trinajstić information content (AvgIpc) is 3.31. The SMILES string of the molecule is CCN(CC)CCCC(C)N(C(=O)NCCCC(=O)NC(P(=O)(O)O)P(=O)(O)OCCN(CC)CCCC(C)N(C(=O)OC(C)(P(=O)(O)O)P(=O)(O)O)c1ccnc2cc(Cl)ccc12)c1ccnc2cc(Cl)ccc12. The molecule has 418 valence electrons. The number of pyridine rings is 2. The van der Waals surface area contributed by atoms with Crippen LogP contribution < -0.4 is 20.4 Å². The van der Waals surface area contributed by atoms with Gasteiger partial charge in [-0.1, -0.05) is 44.0 Å². The summed E-state index contributed by atoms with van der Waals surface area (Å²) in [7, 11) is -22.4. The highest BCUT2D eigenvalue weighted by Crippen LogP contribution is 2.69. The minimum atomic E-state index is -5.80. The topological polar surface area (TPSA) is 342 Å². The Morgan fingerprint density at radius 3 is 1.65 bits per heavy atom. The van der Waals surface area contributed by atoms with Crippen LogP contribution in [0.2, 0.25) is 10.0 Å². The number of aromatic nitrogens is 2. The summed E-state index contributed by atoms with van der Waals surface area (Å²) in [6, 6.07) is 11.2. The summed E-state index contributed by atoms with van der Waals surface area (Å²) in [5.74, 6) is -0.993. The Balaban J connectivity index is 1.37. The number of carbonyl (C=O) groups excluding carboxylic acids is 3. The second-order valence-electron chi connectivity index (χ2n) is 17.8. The number of nitrogens with zero attached hydrogens (tertiary/aromatic N) is 6. The third kappa shape index (κ3) is 17.4. The Kier molecular flexibility index (Phi) is 23.7. The van der Waals surface area contributed by atoms with E-state index in [0.29, 0.717) is 57.4 Å². The van der Waals surface area contributed by atoms with Crippen LogP contribution in [0.3, 0.4) is 0 Å². The van der Waals surface area contributed by atoms with Gasteiger partial charge < -0.3 is 63.9 Å². The molecule has 0 saturated heterocycles. The zero-order chi connectivity index (χ0) is 56.1. The first-order valence-electron chi connectivity index (χ1n) is 24.0. The summed E-state index contributed by atoms with van der Waals surface area (Å²) in [4.78, 5) is 127. The monoisotopic (exact) mass is 1170 g/mol. The fourth-order valence-electron chi connectivity index (χ4n) is 8.12. The maximum atomic E-state index is 13.9. The smallest absolute Gasteiger partial charge is 0.416 e. The number of ether oxygens (including phenoxy) is 1. The summed E-state index contributed by atoms with van der Waals surface area (Å²) >= 11 is 12.4. The van der Waals surface area contributed by atoms with Crippen LogP contribution in [-0.2, 0) is 32.3 Å². The van der Waals surface area contributed by atoms with Crippen LogP contribution in [0.25, 0.3) is 21.8 Å². The van der Waals surface area contributed by atoms with E-state index in [1.807, 2.05) is 12.2 Å². The number of amides is 4. The number of rotatable bonds is 29. The molecule has 0 fully saturated rings. The van der Waals surface area contributed by atoms with Gasteiger partial charge in [0.2, 0.25) is 11.4 Å². The van der Waals surface area contributed by atoms with Gasteiger partial charge in [0.1, 0.15) is 0 Å². The zero-order valence-corrected chi connectivity index (χ0v) is 47.5. The van der Waals surface area contributed by atoms with E-state index in [1.165, 1.54) is 30.5 Å². The molecule has 24 nitrogen and oxygen atoms in total. The van der Waals surface area contributed by atoms with Gasteiger partial charge >= 0.3 is 47.6 Å². The minimum absolute atomic E-state index is 0.0177. The zero-order valence-electron chi connectivity index (χ0n) is 42.4. The molecule has 75 heavy (non-hydrogen) atoms. The van der Waals surface area contributed by atoms with Crippen molar-refractivity contribution in [2.75, 3.05) is 62.2 Å². The first kappa shape index (κ1) is 63.9. The molecule has 30 heteroatoms. The minimum Gasteiger partial charge on any atom is -0.416 e. The van der Waals surface area contributed by atoms with Crippen LogP contribution in [0.5, 0.6) is 0 Å². The van der Waals surface area contributed by atoms with Gasteiger partial charge in [-0.2, -0.15) is 0 Å². The molecule has 2 aromatic heterocycles. The Morgan fingerprint density at radius 1 is 0.693 bits per heavy atom. The van der Waals surface area contributed by atoms with E-state index in [9.17, 15) is 66.9 Å². The van der Waals surface area contributed by atoms with E-state index in [1.54, 1.807) is 54.1 Å². The van der Waals surface area contributed by atoms with E-state index in [-0.39, 0.29) is 50.6 Å². The number of nitrogens with one attached hydrogen (secondary N) is 2. The second kappa shape index (κ2) is 27.8. The number of hydrogen-bond donors (Lipinski definition) is 9. The van der Waals surface area contributed by atoms with Gasteiger partial charge in [0.25, 0.3) is 0 Å². The van der Waals surface area contributed by atoms with Gasteiger partial charge in [0.05, 0.1) is 29.0 Å².